The second-order valence-electron chi connectivity index (χ2n) is 3.29. The predicted octanol–water partition coefficient (Wildman–Crippen LogP) is 1.74. The van der Waals surface area contributed by atoms with Crippen molar-refractivity contribution in [1.29, 1.82) is 0 Å². The molecular formula is C10H17NOS. The van der Waals surface area contributed by atoms with Crippen LogP contribution in [0.5, 0.6) is 0 Å². The zero-order valence-corrected chi connectivity index (χ0v) is 8.81. The third-order valence-corrected chi connectivity index (χ3v) is 3.82. The van der Waals surface area contributed by atoms with Gasteiger partial charge in [-0.15, -0.1) is 11.3 Å². The minimum atomic E-state index is 0.00289. The molecule has 74 valence electrons. The molecule has 1 heterocycles. The molecule has 0 aromatic carbocycles. The van der Waals surface area contributed by atoms with Crippen molar-refractivity contribution >= 4 is 11.3 Å². The number of hydrogen-bond donors (Lipinski definition) is 2. The highest BCUT2D eigenvalue weighted by atomic mass is 32.1. The Hall–Kier alpha value is -0.380. The van der Waals surface area contributed by atoms with Gasteiger partial charge >= 0.3 is 0 Å². The lowest BCUT2D eigenvalue weighted by atomic mass is 9.80. The average Bonchev–Trinajstić information content (AvgIpc) is 2.68. The van der Waals surface area contributed by atoms with E-state index in [2.05, 4.69) is 18.4 Å². The first kappa shape index (κ1) is 10.7. The molecule has 0 radical (unpaired) electrons. The van der Waals surface area contributed by atoms with Crippen molar-refractivity contribution in [2.75, 3.05) is 13.2 Å². The van der Waals surface area contributed by atoms with E-state index in [4.69, 9.17) is 10.8 Å². The van der Waals surface area contributed by atoms with Gasteiger partial charge in [-0.05, 0) is 24.3 Å². The molecule has 1 unspecified atom stereocenters. The van der Waals surface area contributed by atoms with Gasteiger partial charge in [0.05, 0.1) is 0 Å². The number of hydrogen-bond acceptors (Lipinski definition) is 3. The Morgan fingerprint density at radius 1 is 1.62 bits per heavy atom. The maximum atomic E-state index is 9.01. The van der Waals surface area contributed by atoms with Gasteiger partial charge < -0.3 is 10.8 Å². The molecule has 0 aliphatic rings. The van der Waals surface area contributed by atoms with Crippen molar-refractivity contribution < 1.29 is 5.11 Å². The van der Waals surface area contributed by atoms with Gasteiger partial charge in [0.25, 0.3) is 0 Å². The van der Waals surface area contributed by atoms with Crippen molar-refractivity contribution in [2.24, 2.45) is 5.73 Å². The lowest BCUT2D eigenvalue weighted by Gasteiger charge is -2.29. The van der Waals surface area contributed by atoms with E-state index >= 15 is 0 Å². The van der Waals surface area contributed by atoms with Crippen LogP contribution in [0.3, 0.4) is 0 Å². The Morgan fingerprint density at radius 3 is 2.77 bits per heavy atom. The minimum Gasteiger partial charge on any atom is -0.396 e. The SMILES string of the molecule is CCC(CN)(CCO)c1cccs1. The van der Waals surface area contributed by atoms with E-state index in [1.54, 1.807) is 11.3 Å². The summed E-state index contributed by atoms with van der Waals surface area (Å²) in [5.41, 5.74) is 5.79. The van der Waals surface area contributed by atoms with Gasteiger partial charge in [0, 0.05) is 23.4 Å². The van der Waals surface area contributed by atoms with E-state index in [1.165, 1.54) is 4.88 Å². The van der Waals surface area contributed by atoms with Crippen LogP contribution in [0.2, 0.25) is 0 Å². The quantitative estimate of drug-likeness (QED) is 0.758. The molecule has 0 saturated carbocycles. The van der Waals surface area contributed by atoms with Crippen LogP contribution in [0, 0.1) is 0 Å². The van der Waals surface area contributed by atoms with Gasteiger partial charge in [-0.1, -0.05) is 13.0 Å². The van der Waals surface area contributed by atoms with Crippen LogP contribution in [0.1, 0.15) is 24.6 Å². The van der Waals surface area contributed by atoms with Crippen molar-refractivity contribution in [3.8, 4) is 0 Å². The zero-order valence-electron chi connectivity index (χ0n) is 7.99. The highest BCUT2D eigenvalue weighted by Gasteiger charge is 2.28. The molecule has 0 saturated heterocycles. The first-order chi connectivity index (χ1) is 6.29. The Morgan fingerprint density at radius 2 is 2.38 bits per heavy atom. The molecule has 0 aliphatic heterocycles. The van der Waals surface area contributed by atoms with Crippen molar-refractivity contribution in [3.05, 3.63) is 22.4 Å². The number of aliphatic hydroxyl groups is 1. The van der Waals surface area contributed by atoms with Crippen molar-refractivity contribution in [2.45, 2.75) is 25.2 Å². The molecule has 0 fully saturated rings. The molecule has 1 atom stereocenters. The Labute approximate surface area is 83.4 Å². The monoisotopic (exact) mass is 199 g/mol. The fraction of sp³-hybridized carbons (Fsp3) is 0.600. The summed E-state index contributed by atoms with van der Waals surface area (Å²) in [5, 5.41) is 11.1. The Kier molecular flexibility index (Phi) is 3.90. The van der Waals surface area contributed by atoms with E-state index in [9.17, 15) is 0 Å². The van der Waals surface area contributed by atoms with Crippen LogP contribution < -0.4 is 5.73 Å². The van der Waals surface area contributed by atoms with Gasteiger partial charge in [-0.2, -0.15) is 0 Å². The fourth-order valence-electron chi connectivity index (χ4n) is 1.62. The summed E-state index contributed by atoms with van der Waals surface area (Å²) in [6.07, 6.45) is 1.76. The van der Waals surface area contributed by atoms with Crippen molar-refractivity contribution in [1.82, 2.24) is 0 Å². The maximum Gasteiger partial charge on any atom is 0.0440 e. The van der Waals surface area contributed by atoms with Crippen LogP contribution in [0.25, 0.3) is 0 Å². The maximum absolute atomic E-state index is 9.01. The highest BCUT2D eigenvalue weighted by Crippen LogP contribution is 2.33. The molecule has 1 aromatic rings. The largest absolute Gasteiger partial charge is 0.396 e. The fourth-order valence-corrected chi connectivity index (χ4v) is 2.66. The molecule has 13 heavy (non-hydrogen) atoms. The van der Waals surface area contributed by atoms with Crippen molar-refractivity contribution in [3.63, 3.8) is 0 Å². The molecule has 3 N–H and O–H groups in total. The number of aliphatic hydroxyl groups excluding tert-OH is 1. The summed E-state index contributed by atoms with van der Waals surface area (Å²) in [7, 11) is 0. The number of rotatable bonds is 5. The average molecular weight is 199 g/mol. The first-order valence-electron chi connectivity index (χ1n) is 4.64. The Balaban J connectivity index is 2.89. The summed E-state index contributed by atoms with van der Waals surface area (Å²) in [4.78, 5) is 1.30. The molecule has 1 aromatic heterocycles. The molecule has 0 aliphatic carbocycles. The minimum absolute atomic E-state index is 0.00289. The van der Waals surface area contributed by atoms with E-state index in [0.29, 0.717) is 6.54 Å². The van der Waals surface area contributed by atoms with Gasteiger partial charge in [-0.25, -0.2) is 0 Å². The van der Waals surface area contributed by atoms with Crippen LogP contribution in [-0.2, 0) is 5.41 Å². The van der Waals surface area contributed by atoms with Gasteiger partial charge in [0.1, 0.15) is 0 Å². The number of thiophene rings is 1. The highest BCUT2D eigenvalue weighted by molar-refractivity contribution is 7.10. The predicted molar refractivity (Wildman–Crippen MR) is 57.0 cm³/mol. The molecule has 2 nitrogen and oxygen atoms in total. The van der Waals surface area contributed by atoms with Gasteiger partial charge in [-0.3, -0.25) is 0 Å². The normalized spacial score (nSPS) is 15.6. The molecular weight excluding hydrogens is 182 g/mol. The van der Waals surface area contributed by atoms with Gasteiger partial charge in [0.15, 0.2) is 0 Å². The van der Waals surface area contributed by atoms with Crippen LogP contribution in [-0.4, -0.2) is 18.3 Å². The second kappa shape index (κ2) is 4.74. The molecule has 3 heteroatoms. The van der Waals surface area contributed by atoms with E-state index in [1.807, 2.05) is 6.07 Å². The van der Waals surface area contributed by atoms with Crippen LogP contribution >= 0.6 is 11.3 Å². The smallest absolute Gasteiger partial charge is 0.0440 e. The summed E-state index contributed by atoms with van der Waals surface area (Å²) < 4.78 is 0. The summed E-state index contributed by atoms with van der Waals surface area (Å²) in [6.45, 7) is 2.95. The third-order valence-electron chi connectivity index (χ3n) is 2.70. The number of nitrogens with two attached hydrogens (primary N) is 1. The molecule has 0 bridgehead atoms. The molecule has 0 amide bonds. The molecule has 1 rings (SSSR count). The van der Waals surface area contributed by atoms with E-state index in [-0.39, 0.29) is 12.0 Å². The lowest BCUT2D eigenvalue weighted by Crippen LogP contribution is -2.34. The molecule has 0 spiro atoms. The second-order valence-corrected chi connectivity index (χ2v) is 4.24. The topological polar surface area (TPSA) is 46.2 Å². The summed E-state index contributed by atoms with van der Waals surface area (Å²) in [5.74, 6) is 0. The van der Waals surface area contributed by atoms with Crippen LogP contribution in [0.15, 0.2) is 17.5 Å². The third kappa shape index (κ3) is 2.10. The lowest BCUT2D eigenvalue weighted by molar-refractivity contribution is 0.236. The summed E-state index contributed by atoms with van der Waals surface area (Å²) in [6, 6.07) is 4.15. The Bertz CT molecular complexity index is 229. The van der Waals surface area contributed by atoms with Gasteiger partial charge in [0.2, 0.25) is 0 Å². The standard InChI is InChI=1S/C10H17NOS/c1-2-10(8-11,5-6-12)9-4-3-7-13-9/h3-4,7,12H,2,5-6,8,11H2,1H3. The summed E-state index contributed by atoms with van der Waals surface area (Å²) >= 11 is 1.73. The zero-order chi connectivity index (χ0) is 9.73. The van der Waals surface area contributed by atoms with E-state index in [0.717, 1.165) is 12.8 Å². The van der Waals surface area contributed by atoms with E-state index < -0.39 is 0 Å². The van der Waals surface area contributed by atoms with Crippen LogP contribution in [0.4, 0.5) is 0 Å². The first-order valence-corrected chi connectivity index (χ1v) is 5.52.